The standard InChI is InChI=1S/C6H15NO2/c1-3-5-6(8)7-9-4-2/h6-8H,3-5H2,1-2H3. The Morgan fingerprint density at radius 2 is 2.22 bits per heavy atom. The van der Waals surface area contributed by atoms with Crippen molar-refractivity contribution in [1.82, 2.24) is 5.48 Å². The van der Waals surface area contributed by atoms with Crippen molar-refractivity contribution in [2.24, 2.45) is 0 Å². The SMILES string of the molecule is CCCC(O)NOCC. The van der Waals surface area contributed by atoms with Gasteiger partial charge in [-0.05, 0) is 13.3 Å². The van der Waals surface area contributed by atoms with Gasteiger partial charge < -0.3 is 5.11 Å². The van der Waals surface area contributed by atoms with Gasteiger partial charge in [0.15, 0.2) is 0 Å². The van der Waals surface area contributed by atoms with Crippen LogP contribution in [0.5, 0.6) is 0 Å². The van der Waals surface area contributed by atoms with Crippen LogP contribution in [0.2, 0.25) is 0 Å². The molecule has 0 saturated heterocycles. The molecule has 0 aliphatic carbocycles. The maximum atomic E-state index is 8.94. The molecule has 0 radical (unpaired) electrons. The number of hydroxylamine groups is 1. The number of aliphatic hydroxyl groups is 1. The van der Waals surface area contributed by atoms with E-state index in [2.05, 4.69) is 5.48 Å². The maximum absolute atomic E-state index is 8.94. The van der Waals surface area contributed by atoms with E-state index >= 15 is 0 Å². The molecule has 9 heavy (non-hydrogen) atoms. The fourth-order valence-corrected chi connectivity index (χ4v) is 0.512. The summed E-state index contributed by atoms with van der Waals surface area (Å²) in [6, 6.07) is 0. The molecule has 3 heteroatoms. The van der Waals surface area contributed by atoms with Gasteiger partial charge in [0.05, 0.1) is 6.61 Å². The van der Waals surface area contributed by atoms with Crippen molar-refractivity contribution in [2.75, 3.05) is 6.61 Å². The Morgan fingerprint density at radius 3 is 2.67 bits per heavy atom. The minimum absolute atomic E-state index is 0.505. The first-order chi connectivity index (χ1) is 4.31. The molecule has 0 rings (SSSR count). The highest BCUT2D eigenvalue weighted by Crippen LogP contribution is 1.90. The highest BCUT2D eigenvalue weighted by molar-refractivity contribution is 4.41. The summed E-state index contributed by atoms with van der Waals surface area (Å²) >= 11 is 0. The summed E-state index contributed by atoms with van der Waals surface area (Å²) in [5.74, 6) is 0. The summed E-state index contributed by atoms with van der Waals surface area (Å²) in [5.41, 5.74) is 2.49. The Bertz CT molecular complexity index is 59.0. The van der Waals surface area contributed by atoms with Crippen molar-refractivity contribution in [2.45, 2.75) is 32.9 Å². The minimum Gasteiger partial charge on any atom is -0.377 e. The van der Waals surface area contributed by atoms with Crippen LogP contribution in [0, 0.1) is 0 Å². The van der Waals surface area contributed by atoms with Gasteiger partial charge in [-0.3, -0.25) is 4.84 Å². The van der Waals surface area contributed by atoms with E-state index in [4.69, 9.17) is 9.94 Å². The molecule has 0 aromatic carbocycles. The van der Waals surface area contributed by atoms with Crippen LogP contribution in [0.15, 0.2) is 0 Å². The number of aliphatic hydroxyl groups excluding tert-OH is 1. The van der Waals surface area contributed by atoms with Crippen LogP contribution in [0.1, 0.15) is 26.7 Å². The maximum Gasteiger partial charge on any atom is 0.127 e. The van der Waals surface area contributed by atoms with E-state index in [1.807, 2.05) is 13.8 Å². The van der Waals surface area contributed by atoms with Crippen LogP contribution in [0.3, 0.4) is 0 Å². The summed E-state index contributed by atoms with van der Waals surface area (Å²) < 4.78 is 0. The molecule has 0 saturated carbocycles. The zero-order chi connectivity index (χ0) is 7.11. The van der Waals surface area contributed by atoms with E-state index < -0.39 is 6.23 Å². The number of rotatable bonds is 5. The molecule has 0 heterocycles. The topological polar surface area (TPSA) is 41.5 Å². The van der Waals surface area contributed by atoms with Gasteiger partial charge in [-0.15, -0.1) is 0 Å². The van der Waals surface area contributed by atoms with Crippen LogP contribution in [-0.4, -0.2) is 17.9 Å². The Kier molecular flexibility index (Phi) is 5.93. The second kappa shape index (κ2) is 6.01. The zero-order valence-corrected chi connectivity index (χ0v) is 6.05. The van der Waals surface area contributed by atoms with Crippen molar-refractivity contribution in [3.8, 4) is 0 Å². The summed E-state index contributed by atoms with van der Waals surface area (Å²) in [6.07, 6.45) is 1.19. The van der Waals surface area contributed by atoms with E-state index in [-0.39, 0.29) is 0 Å². The predicted octanol–water partition coefficient (Wildman–Crippen LogP) is 0.646. The molecule has 0 spiro atoms. The quantitative estimate of drug-likeness (QED) is 0.427. The van der Waals surface area contributed by atoms with E-state index in [1.54, 1.807) is 0 Å². The Hall–Kier alpha value is -0.120. The van der Waals surface area contributed by atoms with Gasteiger partial charge in [0.2, 0.25) is 0 Å². The molecular weight excluding hydrogens is 118 g/mol. The number of hydrogen-bond acceptors (Lipinski definition) is 3. The van der Waals surface area contributed by atoms with Gasteiger partial charge in [-0.2, -0.15) is 5.48 Å². The van der Waals surface area contributed by atoms with Gasteiger partial charge >= 0.3 is 0 Å². The smallest absolute Gasteiger partial charge is 0.127 e. The molecule has 0 aromatic rings. The van der Waals surface area contributed by atoms with Crippen molar-refractivity contribution < 1.29 is 9.94 Å². The third-order valence-electron chi connectivity index (χ3n) is 0.926. The second-order valence-electron chi connectivity index (χ2n) is 1.86. The average Bonchev–Trinajstić information content (AvgIpc) is 1.85. The van der Waals surface area contributed by atoms with Gasteiger partial charge in [-0.1, -0.05) is 13.3 Å². The highest BCUT2D eigenvalue weighted by Gasteiger charge is 1.97. The van der Waals surface area contributed by atoms with Crippen LogP contribution < -0.4 is 5.48 Å². The van der Waals surface area contributed by atoms with E-state index in [9.17, 15) is 0 Å². The molecule has 0 amide bonds. The van der Waals surface area contributed by atoms with E-state index in [1.165, 1.54) is 0 Å². The lowest BCUT2D eigenvalue weighted by molar-refractivity contribution is -0.0548. The Balaban J connectivity index is 2.95. The largest absolute Gasteiger partial charge is 0.377 e. The number of nitrogens with one attached hydrogen (secondary N) is 1. The van der Waals surface area contributed by atoms with Crippen molar-refractivity contribution in [3.05, 3.63) is 0 Å². The molecule has 0 aromatic heterocycles. The number of hydrogen-bond donors (Lipinski definition) is 2. The monoisotopic (exact) mass is 133 g/mol. The lowest BCUT2D eigenvalue weighted by atomic mass is 10.3. The van der Waals surface area contributed by atoms with Gasteiger partial charge in [0.25, 0.3) is 0 Å². The molecule has 0 aliphatic rings. The molecular formula is C6H15NO2. The van der Waals surface area contributed by atoms with Crippen molar-refractivity contribution in [3.63, 3.8) is 0 Å². The Labute approximate surface area is 56.0 Å². The highest BCUT2D eigenvalue weighted by atomic mass is 16.7. The third-order valence-corrected chi connectivity index (χ3v) is 0.926. The van der Waals surface area contributed by atoms with Crippen LogP contribution >= 0.6 is 0 Å². The molecule has 0 fully saturated rings. The molecule has 0 aliphatic heterocycles. The van der Waals surface area contributed by atoms with Gasteiger partial charge in [0.1, 0.15) is 6.23 Å². The first-order valence-corrected chi connectivity index (χ1v) is 3.36. The van der Waals surface area contributed by atoms with Gasteiger partial charge in [-0.25, -0.2) is 0 Å². The molecule has 56 valence electrons. The summed E-state index contributed by atoms with van der Waals surface area (Å²) in [4.78, 5) is 4.75. The lowest BCUT2D eigenvalue weighted by Gasteiger charge is -2.09. The average molecular weight is 133 g/mol. The minimum atomic E-state index is -0.505. The predicted molar refractivity (Wildman–Crippen MR) is 35.7 cm³/mol. The van der Waals surface area contributed by atoms with Crippen molar-refractivity contribution >= 4 is 0 Å². The summed E-state index contributed by atoms with van der Waals surface area (Å²) in [5, 5.41) is 8.94. The molecule has 1 unspecified atom stereocenters. The summed E-state index contributed by atoms with van der Waals surface area (Å²) in [7, 11) is 0. The van der Waals surface area contributed by atoms with Crippen LogP contribution in [0.4, 0.5) is 0 Å². The van der Waals surface area contributed by atoms with Crippen LogP contribution in [-0.2, 0) is 4.84 Å². The fourth-order valence-electron chi connectivity index (χ4n) is 0.512. The molecule has 1 atom stereocenters. The second-order valence-corrected chi connectivity index (χ2v) is 1.86. The molecule has 0 bridgehead atoms. The van der Waals surface area contributed by atoms with Crippen molar-refractivity contribution in [1.29, 1.82) is 0 Å². The normalized spacial score (nSPS) is 13.7. The zero-order valence-electron chi connectivity index (χ0n) is 6.05. The molecule has 2 N–H and O–H groups in total. The summed E-state index contributed by atoms with van der Waals surface area (Å²) in [6.45, 7) is 4.46. The first-order valence-electron chi connectivity index (χ1n) is 3.36. The third kappa shape index (κ3) is 5.76. The first kappa shape index (κ1) is 8.88. The van der Waals surface area contributed by atoms with Gasteiger partial charge in [0, 0.05) is 0 Å². The van der Waals surface area contributed by atoms with E-state index in [0.717, 1.165) is 12.8 Å². The molecule has 3 nitrogen and oxygen atoms in total. The van der Waals surface area contributed by atoms with Crippen LogP contribution in [0.25, 0.3) is 0 Å². The fraction of sp³-hybridized carbons (Fsp3) is 1.00. The van der Waals surface area contributed by atoms with E-state index in [0.29, 0.717) is 6.61 Å². The lowest BCUT2D eigenvalue weighted by Crippen LogP contribution is -2.28. The Morgan fingerprint density at radius 1 is 1.56 bits per heavy atom.